The van der Waals surface area contributed by atoms with E-state index in [9.17, 15) is 4.39 Å². The van der Waals surface area contributed by atoms with Crippen LogP contribution in [0.25, 0.3) is 0 Å². The molecule has 0 spiro atoms. The third-order valence-electron chi connectivity index (χ3n) is 2.98. The summed E-state index contributed by atoms with van der Waals surface area (Å²) in [7, 11) is 1.46. The van der Waals surface area contributed by atoms with Crippen molar-refractivity contribution in [3.8, 4) is 5.75 Å². The minimum absolute atomic E-state index is 0.285. The maximum Gasteiger partial charge on any atom is 0.165 e. The molecule has 0 aliphatic carbocycles. The second-order valence-electron chi connectivity index (χ2n) is 4.76. The van der Waals surface area contributed by atoms with E-state index in [0.717, 1.165) is 12.0 Å². The van der Waals surface area contributed by atoms with Gasteiger partial charge in [0.15, 0.2) is 11.6 Å². The molecule has 0 unspecified atom stereocenters. The first-order chi connectivity index (χ1) is 9.58. The maximum absolute atomic E-state index is 12.9. The molecule has 1 aromatic carbocycles. The molecule has 0 bridgehead atoms. The molecule has 2 rings (SSSR count). The fourth-order valence-corrected chi connectivity index (χ4v) is 1.65. The zero-order valence-electron chi connectivity index (χ0n) is 12.6. The van der Waals surface area contributed by atoms with Gasteiger partial charge in [0.2, 0.25) is 0 Å². The highest BCUT2D eigenvalue weighted by Gasteiger charge is 2.00. The van der Waals surface area contributed by atoms with E-state index >= 15 is 0 Å². The van der Waals surface area contributed by atoms with E-state index in [1.165, 1.54) is 18.7 Å². The Morgan fingerprint density at radius 2 is 2.00 bits per heavy atom. The van der Waals surface area contributed by atoms with Crippen molar-refractivity contribution in [3.05, 3.63) is 59.7 Å². The van der Waals surface area contributed by atoms with Gasteiger partial charge in [0.25, 0.3) is 0 Å². The number of hydrogen-bond donors (Lipinski definition) is 0. The first-order valence-electron chi connectivity index (χ1n) is 6.80. The van der Waals surface area contributed by atoms with Crippen LogP contribution in [-0.4, -0.2) is 12.1 Å². The SMILES string of the molecule is CC(C)c1cccnc1.CCc1ccc(OC)c(F)c1. The van der Waals surface area contributed by atoms with Gasteiger partial charge in [0.05, 0.1) is 7.11 Å². The molecule has 0 radical (unpaired) electrons. The van der Waals surface area contributed by atoms with Crippen LogP contribution < -0.4 is 4.74 Å². The minimum Gasteiger partial charge on any atom is -0.494 e. The summed E-state index contributed by atoms with van der Waals surface area (Å²) in [6.07, 6.45) is 4.55. The Hall–Kier alpha value is -1.90. The minimum atomic E-state index is -0.285. The van der Waals surface area contributed by atoms with Crippen molar-refractivity contribution in [1.29, 1.82) is 0 Å². The van der Waals surface area contributed by atoms with Crippen molar-refractivity contribution in [3.63, 3.8) is 0 Å². The molecule has 0 saturated carbocycles. The Morgan fingerprint density at radius 3 is 2.40 bits per heavy atom. The summed E-state index contributed by atoms with van der Waals surface area (Å²) >= 11 is 0. The van der Waals surface area contributed by atoms with Crippen LogP contribution in [0.2, 0.25) is 0 Å². The molecule has 0 N–H and O–H groups in total. The average molecular weight is 275 g/mol. The molecule has 0 saturated heterocycles. The fraction of sp³-hybridized carbons (Fsp3) is 0.353. The van der Waals surface area contributed by atoms with Crippen LogP contribution in [0, 0.1) is 5.82 Å². The molecule has 20 heavy (non-hydrogen) atoms. The summed E-state index contributed by atoms with van der Waals surface area (Å²) < 4.78 is 17.7. The number of ether oxygens (including phenoxy) is 1. The maximum atomic E-state index is 12.9. The first-order valence-corrected chi connectivity index (χ1v) is 6.80. The van der Waals surface area contributed by atoms with E-state index < -0.39 is 0 Å². The molecular weight excluding hydrogens is 253 g/mol. The van der Waals surface area contributed by atoms with E-state index in [1.807, 2.05) is 25.3 Å². The second-order valence-corrected chi connectivity index (χ2v) is 4.76. The van der Waals surface area contributed by atoms with Gasteiger partial charge in [-0.2, -0.15) is 0 Å². The summed E-state index contributed by atoms with van der Waals surface area (Å²) in [5.41, 5.74) is 2.29. The van der Waals surface area contributed by atoms with Gasteiger partial charge in [0, 0.05) is 12.4 Å². The zero-order valence-corrected chi connectivity index (χ0v) is 12.6. The smallest absolute Gasteiger partial charge is 0.165 e. The highest BCUT2D eigenvalue weighted by molar-refractivity contribution is 5.29. The lowest BCUT2D eigenvalue weighted by atomic mass is 10.1. The molecule has 2 aromatic rings. The van der Waals surface area contributed by atoms with Crippen molar-refractivity contribution < 1.29 is 9.13 Å². The molecule has 108 valence electrons. The Labute approximate surface area is 120 Å². The molecule has 0 atom stereocenters. The number of rotatable bonds is 3. The summed E-state index contributed by atoms with van der Waals surface area (Å²) in [6.45, 7) is 6.31. The number of aryl methyl sites for hydroxylation is 1. The number of aromatic nitrogens is 1. The third kappa shape index (κ3) is 5.00. The number of hydrogen-bond acceptors (Lipinski definition) is 2. The fourth-order valence-electron chi connectivity index (χ4n) is 1.65. The lowest BCUT2D eigenvalue weighted by Gasteiger charge is -2.02. The van der Waals surface area contributed by atoms with E-state index in [4.69, 9.17) is 4.74 Å². The topological polar surface area (TPSA) is 22.1 Å². The van der Waals surface area contributed by atoms with E-state index in [-0.39, 0.29) is 5.82 Å². The summed E-state index contributed by atoms with van der Waals surface area (Å²) in [5, 5.41) is 0. The lowest BCUT2D eigenvalue weighted by Crippen LogP contribution is -1.89. The van der Waals surface area contributed by atoms with Gasteiger partial charge in [-0.3, -0.25) is 4.98 Å². The van der Waals surface area contributed by atoms with Gasteiger partial charge in [-0.1, -0.05) is 32.9 Å². The molecule has 3 heteroatoms. The molecular formula is C17H22FNO. The van der Waals surface area contributed by atoms with Crippen molar-refractivity contribution in [2.45, 2.75) is 33.1 Å². The highest BCUT2D eigenvalue weighted by atomic mass is 19.1. The number of methoxy groups -OCH3 is 1. The average Bonchev–Trinajstić information content (AvgIpc) is 2.48. The summed E-state index contributed by atoms with van der Waals surface area (Å²) in [4.78, 5) is 4.01. The third-order valence-corrected chi connectivity index (χ3v) is 2.98. The van der Waals surface area contributed by atoms with E-state index in [0.29, 0.717) is 11.7 Å². The van der Waals surface area contributed by atoms with Gasteiger partial charge in [-0.25, -0.2) is 4.39 Å². The Morgan fingerprint density at radius 1 is 1.25 bits per heavy atom. The standard InChI is InChI=1S/C9H11FO.C8H11N/c1-3-7-4-5-9(11-2)8(10)6-7;1-7(2)8-4-3-5-9-6-8/h4-6H,3H2,1-2H3;3-7H,1-2H3. The predicted octanol–water partition coefficient (Wildman–Crippen LogP) is 4.60. The molecule has 0 amide bonds. The largest absolute Gasteiger partial charge is 0.494 e. The van der Waals surface area contributed by atoms with E-state index in [1.54, 1.807) is 12.3 Å². The van der Waals surface area contributed by atoms with Crippen LogP contribution in [0.4, 0.5) is 4.39 Å². The normalized spacial score (nSPS) is 9.90. The Balaban J connectivity index is 0.000000204. The monoisotopic (exact) mass is 275 g/mol. The quantitative estimate of drug-likeness (QED) is 0.816. The van der Waals surface area contributed by atoms with Crippen molar-refractivity contribution >= 4 is 0 Å². The van der Waals surface area contributed by atoms with E-state index in [2.05, 4.69) is 24.9 Å². The van der Waals surface area contributed by atoms with Crippen molar-refractivity contribution in [2.75, 3.05) is 7.11 Å². The predicted molar refractivity (Wildman–Crippen MR) is 80.7 cm³/mol. The molecule has 0 aliphatic rings. The number of benzene rings is 1. The van der Waals surface area contributed by atoms with Crippen LogP contribution in [-0.2, 0) is 6.42 Å². The first kappa shape index (κ1) is 16.2. The summed E-state index contributed by atoms with van der Waals surface area (Å²) in [5.74, 6) is 0.618. The van der Waals surface area contributed by atoms with Gasteiger partial charge in [-0.15, -0.1) is 0 Å². The number of nitrogens with zero attached hydrogens (tertiary/aromatic N) is 1. The summed E-state index contributed by atoms with van der Waals surface area (Å²) in [6, 6.07) is 9.07. The lowest BCUT2D eigenvalue weighted by molar-refractivity contribution is 0.386. The Bertz CT molecular complexity index is 512. The van der Waals surface area contributed by atoms with Crippen LogP contribution in [0.5, 0.6) is 5.75 Å². The zero-order chi connectivity index (χ0) is 15.0. The number of pyridine rings is 1. The van der Waals surface area contributed by atoms with Gasteiger partial charge in [-0.05, 0) is 41.7 Å². The molecule has 2 nitrogen and oxygen atoms in total. The van der Waals surface area contributed by atoms with Crippen molar-refractivity contribution in [2.24, 2.45) is 0 Å². The van der Waals surface area contributed by atoms with Crippen molar-refractivity contribution in [1.82, 2.24) is 4.98 Å². The van der Waals surface area contributed by atoms with Crippen LogP contribution in [0.3, 0.4) is 0 Å². The molecule has 0 aliphatic heterocycles. The van der Waals surface area contributed by atoms with Crippen LogP contribution >= 0.6 is 0 Å². The van der Waals surface area contributed by atoms with Gasteiger partial charge < -0.3 is 4.74 Å². The van der Waals surface area contributed by atoms with Gasteiger partial charge in [0.1, 0.15) is 0 Å². The van der Waals surface area contributed by atoms with Gasteiger partial charge >= 0.3 is 0 Å². The Kier molecular flexibility index (Phi) is 6.71. The highest BCUT2D eigenvalue weighted by Crippen LogP contribution is 2.17. The molecule has 1 aromatic heterocycles. The molecule has 0 fully saturated rings. The van der Waals surface area contributed by atoms with Crippen LogP contribution in [0.1, 0.15) is 37.8 Å². The molecule has 1 heterocycles. The number of halogens is 1. The second kappa shape index (κ2) is 8.31. The van der Waals surface area contributed by atoms with Crippen LogP contribution in [0.15, 0.2) is 42.7 Å².